The van der Waals surface area contributed by atoms with E-state index in [9.17, 15) is 14.4 Å². The number of carbonyl (C=O) groups excluding carboxylic acids is 2. The number of esters is 1. The van der Waals surface area contributed by atoms with Crippen molar-refractivity contribution >= 4 is 29.2 Å². The maximum absolute atomic E-state index is 13.8. The van der Waals surface area contributed by atoms with Gasteiger partial charge in [0.2, 0.25) is 0 Å². The number of hydrogen-bond donors (Lipinski definition) is 0. The van der Waals surface area contributed by atoms with Gasteiger partial charge in [0.05, 0.1) is 36.5 Å². The highest BCUT2D eigenvalue weighted by atomic mass is 32.1. The molecule has 1 atom stereocenters. The van der Waals surface area contributed by atoms with Gasteiger partial charge in [0.15, 0.2) is 22.1 Å². The lowest BCUT2D eigenvalue weighted by atomic mass is 9.97. The smallest absolute Gasteiger partial charge is 0.337 e. The van der Waals surface area contributed by atoms with E-state index < -0.39 is 12.0 Å². The molecule has 10 heteroatoms. The number of thiazole rings is 1. The second-order valence-electron chi connectivity index (χ2n) is 9.08. The van der Waals surface area contributed by atoms with E-state index in [2.05, 4.69) is 4.99 Å². The van der Waals surface area contributed by atoms with Crippen LogP contribution in [0.5, 0.6) is 11.5 Å². The first-order chi connectivity index (χ1) is 19.8. The predicted octanol–water partition coefficient (Wildman–Crippen LogP) is 4.28. The monoisotopic (exact) mass is 572 g/mol. The van der Waals surface area contributed by atoms with Gasteiger partial charge in [-0.3, -0.25) is 14.2 Å². The number of furan rings is 1. The maximum Gasteiger partial charge on any atom is 0.337 e. The van der Waals surface area contributed by atoms with Crippen LogP contribution in [0.3, 0.4) is 0 Å². The average molecular weight is 573 g/mol. The van der Waals surface area contributed by atoms with Gasteiger partial charge in [0.25, 0.3) is 5.56 Å². The Kier molecular flexibility index (Phi) is 8.02. The Labute approximate surface area is 239 Å². The second kappa shape index (κ2) is 11.8. The Bertz CT molecular complexity index is 1830. The van der Waals surface area contributed by atoms with Crippen molar-refractivity contribution in [3.05, 3.63) is 103 Å². The number of aromatic nitrogens is 1. The van der Waals surface area contributed by atoms with Gasteiger partial charge in [0, 0.05) is 23.4 Å². The molecule has 0 fully saturated rings. The molecule has 2 aromatic heterocycles. The topological polar surface area (TPSA) is 109 Å². The lowest BCUT2D eigenvalue weighted by molar-refractivity contribution is -0.136. The van der Waals surface area contributed by atoms with Gasteiger partial charge < -0.3 is 18.6 Å². The molecule has 3 heterocycles. The van der Waals surface area contributed by atoms with E-state index in [1.54, 1.807) is 48.5 Å². The zero-order chi connectivity index (χ0) is 29.1. The molecule has 0 bridgehead atoms. The van der Waals surface area contributed by atoms with Gasteiger partial charge in [-0.2, -0.15) is 0 Å². The van der Waals surface area contributed by atoms with E-state index in [1.807, 2.05) is 26.0 Å². The molecule has 0 saturated heterocycles. The number of Topliss-reactive ketones (excluding diaryl/α,β-unsaturated/α-hetero) is 1. The zero-order valence-electron chi connectivity index (χ0n) is 23.0. The van der Waals surface area contributed by atoms with Crippen molar-refractivity contribution in [2.24, 2.45) is 4.99 Å². The molecule has 0 N–H and O–H groups in total. The first-order valence-corrected chi connectivity index (χ1v) is 13.9. The average Bonchev–Trinajstić information content (AvgIpc) is 3.57. The summed E-state index contributed by atoms with van der Waals surface area (Å²) >= 11 is 1.19. The molecule has 1 aliphatic heterocycles. The van der Waals surface area contributed by atoms with Crippen LogP contribution in [0.2, 0.25) is 0 Å². The summed E-state index contributed by atoms with van der Waals surface area (Å²) in [5.41, 5.74) is 1.95. The van der Waals surface area contributed by atoms with E-state index in [0.717, 1.165) is 5.56 Å². The third-order valence-corrected chi connectivity index (χ3v) is 7.48. The van der Waals surface area contributed by atoms with Crippen LogP contribution in [0.15, 0.2) is 80.6 Å². The summed E-state index contributed by atoms with van der Waals surface area (Å²) in [6, 6.07) is 15.2. The Hall–Kier alpha value is -4.70. The fourth-order valence-electron chi connectivity index (χ4n) is 4.57. The lowest BCUT2D eigenvalue weighted by Crippen LogP contribution is -2.39. The minimum Gasteiger partial charge on any atom is -0.490 e. The summed E-state index contributed by atoms with van der Waals surface area (Å²) < 4.78 is 24.4. The Morgan fingerprint density at radius 2 is 1.76 bits per heavy atom. The summed E-state index contributed by atoms with van der Waals surface area (Å²) in [6.07, 6.45) is 3.10. The SMILES string of the molecule is CCOc1ccc([C@H]2C(C(=O)OC)=CN=c3s/c(=C/c4ccc(-c5ccc(C(C)=O)cc5)o4)c(=O)n32)cc1OCC. The number of ketones is 1. The molecule has 0 radical (unpaired) electrons. The summed E-state index contributed by atoms with van der Waals surface area (Å²) in [7, 11) is 1.29. The fourth-order valence-corrected chi connectivity index (χ4v) is 5.52. The maximum atomic E-state index is 13.8. The first-order valence-electron chi connectivity index (χ1n) is 13.0. The molecule has 9 nitrogen and oxygen atoms in total. The molecule has 4 aromatic rings. The van der Waals surface area contributed by atoms with E-state index in [1.165, 1.54) is 36.1 Å². The Morgan fingerprint density at radius 3 is 2.44 bits per heavy atom. The third-order valence-electron chi connectivity index (χ3n) is 6.48. The number of methoxy groups -OCH3 is 1. The minimum absolute atomic E-state index is 0.0138. The van der Waals surface area contributed by atoms with Crippen LogP contribution in [-0.2, 0) is 9.53 Å². The first kappa shape index (κ1) is 27.9. The van der Waals surface area contributed by atoms with Crippen LogP contribution in [0.25, 0.3) is 17.4 Å². The molecule has 41 heavy (non-hydrogen) atoms. The lowest BCUT2D eigenvalue weighted by Gasteiger charge is -2.23. The molecule has 5 rings (SSSR count). The molecule has 2 aromatic carbocycles. The predicted molar refractivity (Wildman–Crippen MR) is 154 cm³/mol. The molecular weight excluding hydrogens is 544 g/mol. The van der Waals surface area contributed by atoms with Crippen LogP contribution in [0.1, 0.15) is 48.5 Å². The standard InChI is InChI=1S/C31H28N2O7S/c1-5-38-25-13-11-21(15-26(25)39-6-2)28-23(30(36)37-4)17-32-31-33(28)29(35)27(41-31)16-22-12-14-24(40-22)20-9-7-19(8-10-20)18(3)34/h7-17,28H,5-6H2,1-4H3/b27-16+/t28-/m0/s1. The normalized spacial score (nSPS) is 14.6. The largest absolute Gasteiger partial charge is 0.490 e. The zero-order valence-corrected chi connectivity index (χ0v) is 23.8. The van der Waals surface area contributed by atoms with Crippen molar-refractivity contribution in [1.82, 2.24) is 4.57 Å². The van der Waals surface area contributed by atoms with Gasteiger partial charge >= 0.3 is 5.97 Å². The Morgan fingerprint density at radius 1 is 1.02 bits per heavy atom. The van der Waals surface area contributed by atoms with Gasteiger partial charge in [-0.15, -0.1) is 0 Å². The summed E-state index contributed by atoms with van der Waals surface area (Å²) in [5, 5.41) is 0. The van der Waals surface area contributed by atoms with Crippen LogP contribution >= 0.6 is 11.3 Å². The van der Waals surface area contributed by atoms with Crippen LogP contribution in [-0.4, -0.2) is 36.6 Å². The number of benzene rings is 2. The van der Waals surface area contributed by atoms with Crippen molar-refractivity contribution in [1.29, 1.82) is 0 Å². The van der Waals surface area contributed by atoms with Gasteiger partial charge in [0.1, 0.15) is 11.5 Å². The number of hydrogen-bond acceptors (Lipinski definition) is 9. The quantitative estimate of drug-likeness (QED) is 0.218. The van der Waals surface area contributed by atoms with Crippen molar-refractivity contribution in [3.63, 3.8) is 0 Å². The number of rotatable bonds is 9. The molecule has 0 unspecified atom stereocenters. The van der Waals surface area contributed by atoms with E-state index >= 15 is 0 Å². The van der Waals surface area contributed by atoms with Crippen molar-refractivity contribution < 1.29 is 28.2 Å². The minimum atomic E-state index is -0.789. The molecular formula is C31H28N2O7S. The number of fused-ring (bicyclic) bond motifs is 1. The van der Waals surface area contributed by atoms with Crippen molar-refractivity contribution in [2.45, 2.75) is 26.8 Å². The second-order valence-corrected chi connectivity index (χ2v) is 10.1. The highest BCUT2D eigenvalue weighted by molar-refractivity contribution is 7.07. The number of carbonyl (C=O) groups is 2. The van der Waals surface area contributed by atoms with Gasteiger partial charge in [-0.05, 0) is 50.6 Å². The number of ether oxygens (including phenoxy) is 3. The van der Waals surface area contributed by atoms with Crippen LogP contribution in [0.4, 0.5) is 0 Å². The van der Waals surface area contributed by atoms with Gasteiger partial charge in [-0.1, -0.05) is 41.7 Å². The molecule has 0 saturated carbocycles. The van der Waals surface area contributed by atoms with E-state index in [0.29, 0.717) is 56.7 Å². The highest BCUT2D eigenvalue weighted by Gasteiger charge is 2.31. The fraction of sp³-hybridized carbons (Fsp3) is 0.226. The van der Waals surface area contributed by atoms with Crippen LogP contribution in [0, 0.1) is 0 Å². The van der Waals surface area contributed by atoms with Crippen molar-refractivity contribution in [3.8, 4) is 22.8 Å². The summed E-state index contributed by atoms with van der Waals surface area (Å²) in [6.45, 7) is 6.14. The van der Waals surface area contributed by atoms with Crippen molar-refractivity contribution in [2.75, 3.05) is 20.3 Å². The molecule has 210 valence electrons. The molecule has 0 amide bonds. The van der Waals surface area contributed by atoms with Crippen LogP contribution < -0.4 is 24.4 Å². The Balaban J connectivity index is 1.58. The molecule has 0 aliphatic carbocycles. The van der Waals surface area contributed by atoms with Gasteiger partial charge in [-0.25, -0.2) is 9.79 Å². The highest BCUT2D eigenvalue weighted by Crippen LogP contribution is 2.35. The third kappa shape index (κ3) is 5.51. The van der Waals surface area contributed by atoms with E-state index in [4.69, 9.17) is 18.6 Å². The molecule has 1 aliphatic rings. The summed E-state index contributed by atoms with van der Waals surface area (Å²) in [5.74, 6) is 1.55. The summed E-state index contributed by atoms with van der Waals surface area (Å²) in [4.78, 5) is 43.0. The number of nitrogens with zero attached hydrogens (tertiary/aromatic N) is 2. The van der Waals surface area contributed by atoms with E-state index in [-0.39, 0.29) is 16.9 Å². The molecule has 0 spiro atoms.